The summed E-state index contributed by atoms with van der Waals surface area (Å²) in [4.78, 5) is 0. The van der Waals surface area contributed by atoms with Crippen LogP contribution in [-0.4, -0.2) is 15.8 Å². The van der Waals surface area contributed by atoms with E-state index in [1.165, 1.54) is 12.1 Å². The van der Waals surface area contributed by atoms with E-state index in [-0.39, 0.29) is 6.04 Å². The van der Waals surface area contributed by atoms with Crippen molar-refractivity contribution >= 4 is 0 Å². The zero-order chi connectivity index (χ0) is 13.8. The second-order valence-corrected chi connectivity index (χ2v) is 4.53. The van der Waals surface area contributed by atoms with E-state index in [4.69, 9.17) is 5.84 Å². The Kier molecular flexibility index (Phi) is 4.24. The molecule has 1 unspecified atom stereocenters. The number of nitrogens with zero attached hydrogens (tertiary/aromatic N) is 2. The van der Waals surface area contributed by atoms with Gasteiger partial charge in [-0.15, -0.1) is 0 Å². The van der Waals surface area contributed by atoms with Gasteiger partial charge in [0.1, 0.15) is 11.6 Å². The summed E-state index contributed by atoms with van der Waals surface area (Å²) in [5.41, 5.74) is 4.10. The average Bonchev–Trinajstić information content (AvgIpc) is 2.72. The lowest BCUT2D eigenvalue weighted by molar-refractivity contribution is 0.509. The van der Waals surface area contributed by atoms with Crippen LogP contribution in [-0.2, 0) is 19.9 Å². The molecule has 0 amide bonds. The van der Waals surface area contributed by atoms with Crippen LogP contribution in [0.15, 0.2) is 30.5 Å². The Labute approximate surface area is 110 Å². The molecular weight excluding hydrogens is 250 g/mol. The van der Waals surface area contributed by atoms with E-state index in [1.54, 1.807) is 4.68 Å². The van der Waals surface area contributed by atoms with Crippen molar-refractivity contribution in [1.82, 2.24) is 15.2 Å². The molecule has 2 rings (SSSR count). The fourth-order valence-corrected chi connectivity index (χ4v) is 2.03. The van der Waals surface area contributed by atoms with Gasteiger partial charge < -0.3 is 0 Å². The van der Waals surface area contributed by atoms with Crippen LogP contribution in [0.2, 0.25) is 0 Å². The average molecular weight is 266 g/mol. The predicted molar refractivity (Wildman–Crippen MR) is 68.1 cm³/mol. The zero-order valence-electron chi connectivity index (χ0n) is 10.6. The Morgan fingerprint density at radius 3 is 2.47 bits per heavy atom. The summed E-state index contributed by atoms with van der Waals surface area (Å²) in [6.07, 6.45) is 2.86. The number of rotatable bonds is 5. The minimum atomic E-state index is -0.580. The summed E-state index contributed by atoms with van der Waals surface area (Å²) in [7, 11) is 1.83. The van der Waals surface area contributed by atoms with Crippen LogP contribution >= 0.6 is 0 Å². The van der Waals surface area contributed by atoms with Gasteiger partial charge in [0, 0.05) is 31.8 Å². The number of nitrogens with two attached hydrogens (primary N) is 1. The van der Waals surface area contributed by atoms with Gasteiger partial charge in [0.15, 0.2) is 0 Å². The van der Waals surface area contributed by atoms with Crippen LogP contribution in [0.25, 0.3) is 0 Å². The third-order valence-corrected chi connectivity index (χ3v) is 2.86. The highest BCUT2D eigenvalue weighted by Gasteiger charge is 2.12. The molecule has 19 heavy (non-hydrogen) atoms. The third kappa shape index (κ3) is 3.84. The van der Waals surface area contributed by atoms with Gasteiger partial charge in [0.05, 0.1) is 5.69 Å². The molecule has 1 atom stereocenters. The largest absolute Gasteiger partial charge is 0.276 e. The number of nitrogens with one attached hydrogen (secondary N) is 1. The molecule has 1 aromatic heterocycles. The SMILES string of the molecule is Cn1ccc(CC(Cc2cc(F)cc(F)c2)NN)n1. The molecule has 0 aliphatic heterocycles. The smallest absolute Gasteiger partial charge is 0.126 e. The first kappa shape index (κ1) is 13.6. The number of benzene rings is 1. The molecule has 0 aliphatic rings. The minimum absolute atomic E-state index is 0.129. The number of hydrazine groups is 1. The second-order valence-electron chi connectivity index (χ2n) is 4.53. The summed E-state index contributed by atoms with van der Waals surface area (Å²) in [6.45, 7) is 0. The first-order valence-corrected chi connectivity index (χ1v) is 5.96. The maximum Gasteiger partial charge on any atom is 0.126 e. The minimum Gasteiger partial charge on any atom is -0.276 e. The molecule has 4 nitrogen and oxygen atoms in total. The van der Waals surface area contributed by atoms with Gasteiger partial charge in [0.25, 0.3) is 0 Å². The molecule has 102 valence electrons. The van der Waals surface area contributed by atoms with E-state index in [0.717, 1.165) is 11.8 Å². The quantitative estimate of drug-likeness (QED) is 0.634. The van der Waals surface area contributed by atoms with Gasteiger partial charge in [-0.3, -0.25) is 16.0 Å². The fourth-order valence-electron chi connectivity index (χ4n) is 2.03. The van der Waals surface area contributed by atoms with Crippen LogP contribution in [0, 0.1) is 11.6 Å². The highest BCUT2D eigenvalue weighted by atomic mass is 19.1. The van der Waals surface area contributed by atoms with E-state index >= 15 is 0 Å². The lowest BCUT2D eigenvalue weighted by atomic mass is 10.0. The predicted octanol–water partition coefficient (Wildman–Crippen LogP) is 1.32. The molecule has 6 heteroatoms. The van der Waals surface area contributed by atoms with Crippen LogP contribution in [0.3, 0.4) is 0 Å². The van der Waals surface area contributed by atoms with Crippen molar-refractivity contribution in [2.24, 2.45) is 12.9 Å². The van der Waals surface area contributed by atoms with Crippen molar-refractivity contribution in [3.05, 3.63) is 53.4 Å². The zero-order valence-corrected chi connectivity index (χ0v) is 10.6. The Morgan fingerprint density at radius 2 is 1.95 bits per heavy atom. The van der Waals surface area contributed by atoms with Gasteiger partial charge in [-0.2, -0.15) is 5.10 Å². The number of aryl methyl sites for hydroxylation is 1. The highest BCUT2D eigenvalue weighted by molar-refractivity contribution is 5.19. The van der Waals surface area contributed by atoms with Crippen molar-refractivity contribution in [3.8, 4) is 0 Å². The molecule has 0 saturated carbocycles. The number of halogens is 2. The monoisotopic (exact) mass is 266 g/mol. The number of hydrogen-bond donors (Lipinski definition) is 2. The number of aromatic nitrogens is 2. The second kappa shape index (κ2) is 5.90. The normalized spacial score (nSPS) is 12.6. The Balaban J connectivity index is 2.06. The molecule has 1 aromatic carbocycles. The van der Waals surface area contributed by atoms with Crippen LogP contribution in [0.5, 0.6) is 0 Å². The van der Waals surface area contributed by atoms with Gasteiger partial charge in [0.2, 0.25) is 0 Å². The van der Waals surface area contributed by atoms with Crippen molar-refractivity contribution in [3.63, 3.8) is 0 Å². The summed E-state index contributed by atoms with van der Waals surface area (Å²) >= 11 is 0. The van der Waals surface area contributed by atoms with Gasteiger partial charge in [-0.05, 0) is 30.2 Å². The first-order valence-electron chi connectivity index (χ1n) is 5.96. The third-order valence-electron chi connectivity index (χ3n) is 2.86. The van der Waals surface area contributed by atoms with E-state index in [9.17, 15) is 8.78 Å². The summed E-state index contributed by atoms with van der Waals surface area (Å²) in [5.74, 6) is 4.32. The lowest BCUT2D eigenvalue weighted by Gasteiger charge is -2.14. The Hall–Kier alpha value is -1.79. The van der Waals surface area contributed by atoms with Crippen LogP contribution in [0.4, 0.5) is 8.78 Å². The van der Waals surface area contributed by atoms with Crippen molar-refractivity contribution in [2.45, 2.75) is 18.9 Å². The van der Waals surface area contributed by atoms with E-state index < -0.39 is 11.6 Å². The topological polar surface area (TPSA) is 55.9 Å². The van der Waals surface area contributed by atoms with Crippen molar-refractivity contribution in [1.29, 1.82) is 0 Å². The standard InChI is InChI=1S/C13H16F2N4/c1-19-3-2-12(18-19)8-13(17-16)6-9-4-10(14)7-11(15)5-9/h2-5,7,13,17H,6,8,16H2,1H3. The summed E-state index contributed by atoms with van der Waals surface area (Å²) in [6, 6.07) is 5.23. The van der Waals surface area contributed by atoms with Crippen molar-refractivity contribution in [2.75, 3.05) is 0 Å². The van der Waals surface area contributed by atoms with Crippen molar-refractivity contribution < 1.29 is 8.78 Å². The molecule has 0 saturated heterocycles. The van der Waals surface area contributed by atoms with Gasteiger partial charge >= 0.3 is 0 Å². The Bertz CT molecular complexity index is 533. The molecule has 2 aromatic rings. The van der Waals surface area contributed by atoms with E-state index in [2.05, 4.69) is 10.5 Å². The maximum atomic E-state index is 13.1. The van der Waals surface area contributed by atoms with E-state index in [0.29, 0.717) is 18.4 Å². The summed E-state index contributed by atoms with van der Waals surface area (Å²) in [5, 5.41) is 4.25. The molecule has 0 fully saturated rings. The molecule has 1 heterocycles. The van der Waals surface area contributed by atoms with Gasteiger partial charge in [-0.25, -0.2) is 8.78 Å². The lowest BCUT2D eigenvalue weighted by Crippen LogP contribution is -2.38. The summed E-state index contributed by atoms with van der Waals surface area (Å²) < 4.78 is 27.9. The molecule has 0 aliphatic carbocycles. The van der Waals surface area contributed by atoms with E-state index in [1.807, 2.05) is 19.3 Å². The molecule has 0 bridgehead atoms. The first-order chi connectivity index (χ1) is 9.06. The number of hydrogen-bond acceptors (Lipinski definition) is 3. The Morgan fingerprint density at radius 1 is 1.26 bits per heavy atom. The van der Waals surface area contributed by atoms with Crippen LogP contribution in [0.1, 0.15) is 11.3 Å². The fraction of sp³-hybridized carbons (Fsp3) is 0.308. The molecular formula is C13H16F2N4. The molecule has 0 spiro atoms. The molecule has 3 N–H and O–H groups in total. The highest BCUT2D eigenvalue weighted by Crippen LogP contribution is 2.12. The van der Waals surface area contributed by atoms with Gasteiger partial charge in [-0.1, -0.05) is 0 Å². The molecule has 0 radical (unpaired) electrons. The van der Waals surface area contributed by atoms with Crippen LogP contribution < -0.4 is 11.3 Å². The maximum absolute atomic E-state index is 13.1.